The molecule has 2 nitrogen and oxygen atoms in total. The number of anilines is 6. The lowest BCUT2D eigenvalue weighted by molar-refractivity contribution is 0.660. The van der Waals surface area contributed by atoms with Gasteiger partial charge in [-0.25, -0.2) is 0 Å². The molecular formula is C43H32N2. The predicted molar refractivity (Wildman–Crippen MR) is 190 cm³/mol. The first kappa shape index (κ1) is 25.9. The number of fused-ring (bicyclic) bond motifs is 5. The molecule has 0 aromatic heterocycles. The van der Waals surface area contributed by atoms with Gasteiger partial charge in [-0.15, -0.1) is 0 Å². The van der Waals surface area contributed by atoms with E-state index in [9.17, 15) is 0 Å². The lowest BCUT2D eigenvalue weighted by Crippen LogP contribution is -2.17. The van der Waals surface area contributed by atoms with Crippen molar-refractivity contribution in [2.75, 3.05) is 9.80 Å². The lowest BCUT2D eigenvalue weighted by atomic mass is 9.82. The SMILES string of the molecule is CC1(C)c2ccccc2-c2ccc(N(c3ccccc3)c3ccc(N4c5ccccc5-c5cccc6cccc4c56)cc3)cc21. The van der Waals surface area contributed by atoms with Crippen LogP contribution in [0.1, 0.15) is 25.0 Å². The molecule has 1 aliphatic heterocycles. The summed E-state index contributed by atoms with van der Waals surface area (Å²) in [5, 5.41) is 2.56. The molecule has 7 aromatic rings. The number of benzene rings is 7. The Bertz CT molecular complexity index is 2240. The summed E-state index contributed by atoms with van der Waals surface area (Å²) >= 11 is 0. The fraction of sp³-hybridized carbons (Fsp3) is 0.0698. The van der Waals surface area contributed by atoms with Crippen LogP contribution in [0.15, 0.2) is 158 Å². The molecule has 0 spiro atoms. The van der Waals surface area contributed by atoms with E-state index in [4.69, 9.17) is 0 Å². The maximum absolute atomic E-state index is 2.41. The Morgan fingerprint density at radius 3 is 1.87 bits per heavy atom. The number of para-hydroxylation sites is 2. The monoisotopic (exact) mass is 576 g/mol. The van der Waals surface area contributed by atoms with Gasteiger partial charge in [0.1, 0.15) is 0 Å². The van der Waals surface area contributed by atoms with Crippen molar-refractivity contribution in [2.45, 2.75) is 19.3 Å². The maximum Gasteiger partial charge on any atom is 0.0546 e. The predicted octanol–water partition coefficient (Wildman–Crippen LogP) is 12.1. The zero-order valence-corrected chi connectivity index (χ0v) is 25.4. The zero-order chi connectivity index (χ0) is 30.1. The van der Waals surface area contributed by atoms with Crippen LogP contribution in [0.25, 0.3) is 33.0 Å². The van der Waals surface area contributed by atoms with Gasteiger partial charge in [-0.3, -0.25) is 0 Å². The second-order valence-corrected chi connectivity index (χ2v) is 12.6. The van der Waals surface area contributed by atoms with Crippen LogP contribution in [0.4, 0.5) is 34.1 Å². The Balaban J connectivity index is 1.17. The molecule has 2 heteroatoms. The minimum atomic E-state index is -0.0624. The van der Waals surface area contributed by atoms with Gasteiger partial charge < -0.3 is 9.80 Å². The van der Waals surface area contributed by atoms with Crippen molar-refractivity contribution in [1.29, 1.82) is 0 Å². The van der Waals surface area contributed by atoms with E-state index < -0.39 is 0 Å². The van der Waals surface area contributed by atoms with E-state index in [1.165, 1.54) is 55.5 Å². The number of nitrogens with zero attached hydrogens (tertiary/aromatic N) is 2. The molecule has 9 rings (SSSR count). The molecule has 1 heterocycles. The molecule has 0 bridgehead atoms. The van der Waals surface area contributed by atoms with Crippen molar-refractivity contribution < 1.29 is 0 Å². The third kappa shape index (κ3) is 3.82. The van der Waals surface area contributed by atoms with Gasteiger partial charge in [-0.2, -0.15) is 0 Å². The smallest absolute Gasteiger partial charge is 0.0546 e. The van der Waals surface area contributed by atoms with Gasteiger partial charge in [0.15, 0.2) is 0 Å². The quantitative estimate of drug-likeness (QED) is 0.206. The highest BCUT2D eigenvalue weighted by Crippen LogP contribution is 2.52. The largest absolute Gasteiger partial charge is 0.310 e. The molecule has 7 aromatic carbocycles. The topological polar surface area (TPSA) is 6.48 Å². The van der Waals surface area contributed by atoms with Crippen LogP contribution in [-0.4, -0.2) is 0 Å². The first-order valence-electron chi connectivity index (χ1n) is 15.7. The Morgan fingerprint density at radius 1 is 0.444 bits per heavy atom. The zero-order valence-electron chi connectivity index (χ0n) is 25.4. The van der Waals surface area contributed by atoms with Crippen molar-refractivity contribution in [3.8, 4) is 22.3 Å². The Kier molecular flexibility index (Phi) is 5.58. The highest BCUT2D eigenvalue weighted by Gasteiger charge is 2.35. The average Bonchev–Trinajstić information content (AvgIpc) is 3.32. The summed E-state index contributed by atoms with van der Waals surface area (Å²) in [6.45, 7) is 4.69. The maximum atomic E-state index is 2.41. The molecule has 0 unspecified atom stereocenters. The van der Waals surface area contributed by atoms with Crippen LogP contribution in [0.5, 0.6) is 0 Å². The van der Waals surface area contributed by atoms with E-state index in [-0.39, 0.29) is 5.41 Å². The van der Waals surface area contributed by atoms with Crippen molar-refractivity contribution in [2.24, 2.45) is 0 Å². The minimum absolute atomic E-state index is 0.0624. The molecule has 45 heavy (non-hydrogen) atoms. The van der Waals surface area contributed by atoms with Gasteiger partial charge >= 0.3 is 0 Å². The molecular weight excluding hydrogens is 544 g/mol. The molecule has 0 saturated heterocycles. The summed E-state index contributed by atoms with van der Waals surface area (Å²) in [6.07, 6.45) is 0. The minimum Gasteiger partial charge on any atom is -0.310 e. The summed E-state index contributed by atoms with van der Waals surface area (Å²) in [5.41, 5.74) is 14.9. The Hall–Kier alpha value is -5.60. The summed E-state index contributed by atoms with van der Waals surface area (Å²) < 4.78 is 0. The Labute approximate surface area is 264 Å². The number of hydrogen-bond acceptors (Lipinski definition) is 2. The molecule has 0 radical (unpaired) electrons. The normalized spacial score (nSPS) is 13.7. The van der Waals surface area contributed by atoms with E-state index in [0.717, 1.165) is 22.7 Å². The van der Waals surface area contributed by atoms with Crippen LogP contribution in [0, 0.1) is 0 Å². The highest BCUT2D eigenvalue weighted by atomic mass is 15.2. The summed E-state index contributed by atoms with van der Waals surface area (Å²) in [7, 11) is 0. The third-order valence-electron chi connectivity index (χ3n) is 9.76. The molecule has 2 aliphatic rings. The Morgan fingerprint density at radius 2 is 1.04 bits per heavy atom. The van der Waals surface area contributed by atoms with Gasteiger partial charge in [0, 0.05) is 39.1 Å². The van der Waals surface area contributed by atoms with Crippen LogP contribution >= 0.6 is 0 Å². The second kappa shape index (κ2) is 9.70. The van der Waals surface area contributed by atoms with Crippen molar-refractivity contribution in [3.63, 3.8) is 0 Å². The van der Waals surface area contributed by atoms with E-state index >= 15 is 0 Å². The van der Waals surface area contributed by atoms with E-state index in [1.807, 2.05) is 0 Å². The van der Waals surface area contributed by atoms with Crippen molar-refractivity contribution >= 4 is 44.9 Å². The molecule has 1 aliphatic carbocycles. The first-order valence-corrected chi connectivity index (χ1v) is 15.7. The van der Waals surface area contributed by atoms with Crippen LogP contribution in [-0.2, 0) is 5.41 Å². The van der Waals surface area contributed by atoms with Gasteiger partial charge in [0.2, 0.25) is 0 Å². The molecule has 0 amide bonds. The fourth-order valence-electron chi connectivity index (χ4n) is 7.64. The van der Waals surface area contributed by atoms with Crippen LogP contribution < -0.4 is 9.80 Å². The number of hydrogen-bond donors (Lipinski definition) is 0. The second-order valence-electron chi connectivity index (χ2n) is 12.6. The van der Waals surface area contributed by atoms with Crippen LogP contribution in [0.3, 0.4) is 0 Å². The average molecular weight is 577 g/mol. The summed E-state index contributed by atoms with van der Waals surface area (Å²) in [6, 6.07) is 57.6. The van der Waals surface area contributed by atoms with Crippen molar-refractivity contribution in [1.82, 2.24) is 0 Å². The van der Waals surface area contributed by atoms with Gasteiger partial charge in [-0.05, 0) is 93.9 Å². The van der Waals surface area contributed by atoms with Crippen LogP contribution in [0.2, 0.25) is 0 Å². The molecule has 214 valence electrons. The lowest BCUT2D eigenvalue weighted by Gasteiger charge is -2.34. The van der Waals surface area contributed by atoms with Gasteiger partial charge in [0.25, 0.3) is 0 Å². The fourth-order valence-corrected chi connectivity index (χ4v) is 7.64. The van der Waals surface area contributed by atoms with E-state index in [1.54, 1.807) is 0 Å². The molecule has 0 N–H and O–H groups in total. The summed E-state index contributed by atoms with van der Waals surface area (Å²) in [4.78, 5) is 4.79. The number of rotatable bonds is 4. The van der Waals surface area contributed by atoms with E-state index in [2.05, 4.69) is 181 Å². The summed E-state index contributed by atoms with van der Waals surface area (Å²) in [5.74, 6) is 0. The standard InChI is InChI=1S/C43H32N2/c1-43(2)38-19-8-6-16-34(38)35-27-26-33(28-39(35)43)44(30-14-4-3-5-15-30)31-22-24-32(25-23-31)45-40-20-9-7-17-36(40)37-18-10-12-29-13-11-21-41(45)42(29)37/h3-28H,1-2H3. The van der Waals surface area contributed by atoms with Crippen molar-refractivity contribution in [3.05, 3.63) is 169 Å². The molecule has 0 saturated carbocycles. The molecule has 0 fully saturated rings. The first-order chi connectivity index (χ1) is 22.1. The molecule has 0 atom stereocenters. The van der Waals surface area contributed by atoms with Gasteiger partial charge in [0.05, 0.1) is 11.4 Å². The van der Waals surface area contributed by atoms with Gasteiger partial charge in [-0.1, -0.05) is 111 Å². The third-order valence-corrected chi connectivity index (χ3v) is 9.76. The highest BCUT2D eigenvalue weighted by molar-refractivity contribution is 6.13. The van der Waals surface area contributed by atoms with E-state index in [0.29, 0.717) is 0 Å².